The van der Waals surface area contributed by atoms with Crippen molar-refractivity contribution in [2.75, 3.05) is 25.0 Å². The SMILES string of the molecule is CCNCCCNc1nccnc1C#N. The third-order valence-corrected chi connectivity index (χ3v) is 1.88. The van der Waals surface area contributed by atoms with Gasteiger partial charge in [-0.15, -0.1) is 0 Å². The molecule has 0 aliphatic rings. The number of nitriles is 1. The molecule has 0 aliphatic heterocycles. The predicted octanol–water partition coefficient (Wildman–Crippen LogP) is 0.760. The van der Waals surface area contributed by atoms with E-state index in [0.717, 1.165) is 26.1 Å². The Labute approximate surface area is 89.6 Å². The number of nitrogens with zero attached hydrogens (tertiary/aromatic N) is 3. The molecule has 5 nitrogen and oxygen atoms in total. The molecule has 0 bridgehead atoms. The molecule has 0 saturated carbocycles. The van der Waals surface area contributed by atoms with Crippen molar-refractivity contribution in [1.82, 2.24) is 15.3 Å². The van der Waals surface area contributed by atoms with Gasteiger partial charge in [0.25, 0.3) is 0 Å². The summed E-state index contributed by atoms with van der Waals surface area (Å²) in [5, 5.41) is 15.1. The first-order valence-corrected chi connectivity index (χ1v) is 5.04. The van der Waals surface area contributed by atoms with Crippen LogP contribution >= 0.6 is 0 Å². The second kappa shape index (κ2) is 6.74. The van der Waals surface area contributed by atoms with Crippen molar-refractivity contribution >= 4 is 5.82 Å². The molecule has 5 heteroatoms. The number of nitrogens with one attached hydrogen (secondary N) is 2. The highest BCUT2D eigenvalue weighted by Crippen LogP contribution is 2.05. The molecule has 2 N–H and O–H groups in total. The molecule has 0 unspecified atom stereocenters. The molecule has 0 radical (unpaired) electrons. The van der Waals surface area contributed by atoms with E-state index in [-0.39, 0.29) is 0 Å². The van der Waals surface area contributed by atoms with Crippen LogP contribution in [0.3, 0.4) is 0 Å². The summed E-state index contributed by atoms with van der Waals surface area (Å²) in [5.74, 6) is 0.566. The zero-order valence-corrected chi connectivity index (χ0v) is 8.82. The van der Waals surface area contributed by atoms with Crippen molar-refractivity contribution in [3.05, 3.63) is 18.1 Å². The maximum absolute atomic E-state index is 8.75. The lowest BCUT2D eigenvalue weighted by Gasteiger charge is -2.05. The maximum Gasteiger partial charge on any atom is 0.182 e. The molecule has 0 saturated heterocycles. The van der Waals surface area contributed by atoms with Crippen LogP contribution in [0.2, 0.25) is 0 Å². The molecule has 0 atom stereocenters. The average Bonchev–Trinajstić information content (AvgIpc) is 2.29. The Bertz CT molecular complexity index is 331. The van der Waals surface area contributed by atoms with Crippen LogP contribution in [0.5, 0.6) is 0 Å². The third-order valence-electron chi connectivity index (χ3n) is 1.88. The van der Waals surface area contributed by atoms with Crippen LogP contribution in [0.25, 0.3) is 0 Å². The largest absolute Gasteiger partial charge is 0.368 e. The zero-order valence-electron chi connectivity index (χ0n) is 8.82. The lowest BCUT2D eigenvalue weighted by Crippen LogP contribution is -2.17. The summed E-state index contributed by atoms with van der Waals surface area (Å²) in [6.07, 6.45) is 4.09. The van der Waals surface area contributed by atoms with Crippen LogP contribution in [0.4, 0.5) is 5.82 Å². The number of rotatable bonds is 6. The summed E-state index contributed by atoms with van der Waals surface area (Å²) in [6, 6.07) is 2.00. The average molecular weight is 205 g/mol. The lowest BCUT2D eigenvalue weighted by molar-refractivity contribution is 0.688. The Hall–Kier alpha value is -1.67. The normalized spacial score (nSPS) is 9.60. The molecule has 1 aromatic heterocycles. The summed E-state index contributed by atoms with van der Waals surface area (Å²) in [4.78, 5) is 7.96. The van der Waals surface area contributed by atoms with Gasteiger partial charge in [0.1, 0.15) is 6.07 Å². The molecular weight excluding hydrogens is 190 g/mol. The van der Waals surface area contributed by atoms with E-state index < -0.39 is 0 Å². The zero-order chi connectivity index (χ0) is 10.9. The molecule has 0 fully saturated rings. The maximum atomic E-state index is 8.75. The van der Waals surface area contributed by atoms with Gasteiger partial charge in [0, 0.05) is 18.9 Å². The van der Waals surface area contributed by atoms with E-state index in [1.54, 1.807) is 6.20 Å². The van der Waals surface area contributed by atoms with Gasteiger partial charge >= 0.3 is 0 Å². The van der Waals surface area contributed by atoms with Crippen molar-refractivity contribution < 1.29 is 0 Å². The van der Waals surface area contributed by atoms with Crippen LogP contribution in [-0.2, 0) is 0 Å². The first kappa shape index (κ1) is 11.4. The van der Waals surface area contributed by atoms with E-state index in [2.05, 4.69) is 27.5 Å². The highest BCUT2D eigenvalue weighted by molar-refractivity contribution is 5.46. The highest BCUT2D eigenvalue weighted by Gasteiger charge is 2.01. The van der Waals surface area contributed by atoms with Crippen molar-refractivity contribution in [1.29, 1.82) is 5.26 Å². The fraction of sp³-hybridized carbons (Fsp3) is 0.500. The molecule has 1 aromatic rings. The van der Waals surface area contributed by atoms with Gasteiger partial charge in [0.15, 0.2) is 11.5 Å². The van der Waals surface area contributed by atoms with Crippen LogP contribution < -0.4 is 10.6 Å². The van der Waals surface area contributed by atoms with Gasteiger partial charge in [-0.2, -0.15) is 5.26 Å². The summed E-state index contributed by atoms with van der Waals surface area (Å²) in [6.45, 7) is 4.81. The van der Waals surface area contributed by atoms with Crippen LogP contribution in [0, 0.1) is 11.3 Å². The standard InChI is InChI=1S/C10H15N5/c1-2-12-4-3-5-14-10-9(8-11)13-6-7-15-10/h6-7,12H,2-5H2,1H3,(H,14,15). The molecule has 0 amide bonds. The Morgan fingerprint density at radius 1 is 1.33 bits per heavy atom. The highest BCUT2D eigenvalue weighted by atomic mass is 15.0. The predicted molar refractivity (Wildman–Crippen MR) is 58.4 cm³/mol. The smallest absolute Gasteiger partial charge is 0.182 e. The first-order chi connectivity index (χ1) is 7.38. The van der Waals surface area contributed by atoms with Crippen LogP contribution in [0.1, 0.15) is 19.0 Å². The van der Waals surface area contributed by atoms with Crippen molar-refractivity contribution in [3.63, 3.8) is 0 Å². The molecule has 1 rings (SSSR count). The Balaban J connectivity index is 2.34. The van der Waals surface area contributed by atoms with Crippen molar-refractivity contribution in [2.24, 2.45) is 0 Å². The first-order valence-electron chi connectivity index (χ1n) is 5.04. The quantitative estimate of drug-likeness (QED) is 0.671. The number of anilines is 1. The van der Waals surface area contributed by atoms with Gasteiger partial charge in [0.05, 0.1) is 0 Å². The molecule has 0 spiro atoms. The molecule has 0 aliphatic carbocycles. The lowest BCUT2D eigenvalue weighted by atomic mass is 10.4. The van der Waals surface area contributed by atoms with Crippen LogP contribution in [-0.4, -0.2) is 29.6 Å². The van der Waals surface area contributed by atoms with E-state index in [9.17, 15) is 0 Å². The Kier molecular flexibility index (Phi) is 5.12. The molecular formula is C10H15N5. The second-order valence-electron chi connectivity index (χ2n) is 3.00. The fourth-order valence-corrected chi connectivity index (χ4v) is 1.15. The van der Waals surface area contributed by atoms with E-state index in [4.69, 9.17) is 5.26 Å². The summed E-state index contributed by atoms with van der Waals surface area (Å²) < 4.78 is 0. The minimum Gasteiger partial charge on any atom is -0.368 e. The minimum absolute atomic E-state index is 0.348. The summed E-state index contributed by atoms with van der Waals surface area (Å²) in [7, 11) is 0. The molecule has 0 aromatic carbocycles. The minimum atomic E-state index is 0.348. The number of hydrogen-bond acceptors (Lipinski definition) is 5. The van der Waals surface area contributed by atoms with Crippen molar-refractivity contribution in [3.8, 4) is 6.07 Å². The number of hydrogen-bond donors (Lipinski definition) is 2. The monoisotopic (exact) mass is 205 g/mol. The fourth-order valence-electron chi connectivity index (χ4n) is 1.15. The van der Waals surface area contributed by atoms with Gasteiger partial charge in [-0.05, 0) is 19.5 Å². The van der Waals surface area contributed by atoms with Crippen LogP contribution in [0.15, 0.2) is 12.4 Å². The van der Waals surface area contributed by atoms with Gasteiger partial charge < -0.3 is 10.6 Å². The Morgan fingerprint density at radius 3 is 2.87 bits per heavy atom. The summed E-state index contributed by atoms with van der Waals surface area (Å²) in [5.41, 5.74) is 0.348. The van der Waals surface area contributed by atoms with Gasteiger partial charge in [0.2, 0.25) is 0 Å². The van der Waals surface area contributed by atoms with Gasteiger partial charge in [-0.25, -0.2) is 9.97 Å². The van der Waals surface area contributed by atoms with E-state index >= 15 is 0 Å². The van der Waals surface area contributed by atoms with Gasteiger partial charge in [-0.1, -0.05) is 6.92 Å². The van der Waals surface area contributed by atoms with E-state index in [0.29, 0.717) is 11.5 Å². The van der Waals surface area contributed by atoms with Gasteiger partial charge in [-0.3, -0.25) is 0 Å². The van der Waals surface area contributed by atoms with Crippen molar-refractivity contribution in [2.45, 2.75) is 13.3 Å². The molecule has 15 heavy (non-hydrogen) atoms. The number of aromatic nitrogens is 2. The summed E-state index contributed by atoms with van der Waals surface area (Å²) >= 11 is 0. The molecule has 80 valence electrons. The molecule has 1 heterocycles. The Morgan fingerprint density at radius 2 is 2.13 bits per heavy atom. The third kappa shape index (κ3) is 3.92. The second-order valence-corrected chi connectivity index (χ2v) is 3.00. The van der Waals surface area contributed by atoms with E-state index in [1.165, 1.54) is 6.20 Å². The topological polar surface area (TPSA) is 73.6 Å². The van der Waals surface area contributed by atoms with E-state index in [1.807, 2.05) is 6.07 Å².